The van der Waals surface area contributed by atoms with Gasteiger partial charge >= 0.3 is 0 Å². The molecule has 0 spiro atoms. The van der Waals surface area contributed by atoms with E-state index < -0.39 is 0 Å². The molecule has 3 atom stereocenters. The standard InChI is InChI=1S/C30H35N3O4/c1-20-17-31-21(2)19-37-27-16-25(14-15-26(27)30(35)33(3)18-28(20)36-4)32-29(34)24-12-10-23(11-13-24)22-8-6-5-7-9-22/h5-16,20-21,28,31H,17-19H2,1-4H3,(H,32,34)/t20-,21+,28-/m0/s1. The fourth-order valence-corrected chi connectivity index (χ4v) is 4.38. The van der Waals surface area contributed by atoms with Crippen molar-refractivity contribution in [3.05, 3.63) is 83.9 Å². The summed E-state index contributed by atoms with van der Waals surface area (Å²) in [6, 6.07) is 22.7. The lowest BCUT2D eigenvalue weighted by Gasteiger charge is -2.30. The Morgan fingerprint density at radius 2 is 1.73 bits per heavy atom. The zero-order valence-electron chi connectivity index (χ0n) is 21.9. The first-order valence-electron chi connectivity index (χ1n) is 12.6. The third-order valence-electron chi connectivity index (χ3n) is 6.74. The van der Waals surface area contributed by atoms with Gasteiger partial charge in [0.1, 0.15) is 12.4 Å². The lowest BCUT2D eigenvalue weighted by molar-refractivity contribution is 0.0281. The maximum Gasteiger partial charge on any atom is 0.257 e. The number of ether oxygens (including phenoxy) is 2. The van der Waals surface area contributed by atoms with E-state index in [0.717, 1.165) is 17.7 Å². The monoisotopic (exact) mass is 501 g/mol. The molecule has 2 N–H and O–H groups in total. The highest BCUT2D eigenvalue weighted by Gasteiger charge is 2.25. The molecule has 0 fully saturated rings. The highest BCUT2D eigenvalue weighted by atomic mass is 16.5. The lowest BCUT2D eigenvalue weighted by atomic mass is 10.0. The van der Waals surface area contributed by atoms with Crippen LogP contribution in [0.25, 0.3) is 11.1 Å². The second-order valence-corrected chi connectivity index (χ2v) is 9.67. The van der Waals surface area contributed by atoms with E-state index in [-0.39, 0.29) is 29.9 Å². The Balaban J connectivity index is 1.53. The van der Waals surface area contributed by atoms with E-state index >= 15 is 0 Å². The van der Waals surface area contributed by atoms with Gasteiger partial charge in [0.15, 0.2) is 0 Å². The van der Waals surface area contributed by atoms with Gasteiger partial charge in [-0.05, 0) is 48.2 Å². The fourth-order valence-electron chi connectivity index (χ4n) is 4.38. The highest BCUT2D eigenvalue weighted by Crippen LogP contribution is 2.27. The number of nitrogens with one attached hydrogen (secondary N) is 2. The normalized spacial score (nSPS) is 20.7. The van der Waals surface area contributed by atoms with E-state index in [2.05, 4.69) is 17.6 Å². The van der Waals surface area contributed by atoms with E-state index in [9.17, 15) is 9.59 Å². The second kappa shape index (κ2) is 12.0. The quantitative estimate of drug-likeness (QED) is 0.542. The Bertz CT molecular complexity index is 1210. The number of nitrogens with zero attached hydrogens (tertiary/aromatic N) is 1. The summed E-state index contributed by atoms with van der Waals surface area (Å²) in [7, 11) is 3.44. The Labute approximate surface area is 218 Å². The molecule has 37 heavy (non-hydrogen) atoms. The van der Waals surface area contributed by atoms with Crippen LogP contribution in [0.4, 0.5) is 5.69 Å². The molecule has 3 aromatic carbocycles. The molecule has 3 aromatic rings. The van der Waals surface area contributed by atoms with Gasteiger partial charge in [0.25, 0.3) is 11.8 Å². The summed E-state index contributed by atoms with van der Waals surface area (Å²) in [6.07, 6.45) is -0.0933. The van der Waals surface area contributed by atoms with Crippen LogP contribution in [0.15, 0.2) is 72.8 Å². The van der Waals surface area contributed by atoms with E-state index in [4.69, 9.17) is 9.47 Å². The first-order chi connectivity index (χ1) is 17.9. The van der Waals surface area contributed by atoms with Crippen LogP contribution in [-0.2, 0) is 4.74 Å². The molecule has 0 saturated heterocycles. The molecule has 1 aliphatic rings. The largest absolute Gasteiger partial charge is 0.491 e. The number of likely N-dealkylation sites (N-methyl/N-ethyl adjacent to an activating group) is 1. The summed E-state index contributed by atoms with van der Waals surface area (Å²) in [5.41, 5.74) is 3.68. The maximum atomic E-state index is 13.3. The molecule has 2 amide bonds. The van der Waals surface area contributed by atoms with E-state index in [1.54, 1.807) is 49.4 Å². The third-order valence-corrected chi connectivity index (χ3v) is 6.74. The molecule has 1 aliphatic heterocycles. The molecule has 0 radical (unpaired) electrons. The van der Waals surface area contributed by atoms with E-state index in [1.165, 1.54) is 0 Å². The van der Waals surface area contributed by atoms with Gasteiger partial charge in [0.05, 0.1) is 11.7 Å². The van der Waals surface area contributed by atoms with Crippen LogP contribution in [0.1, 0.15) is 34.6 Å². The maximum absolute atomic E-state index is 13.3. The number of carbonyl (C=O) groups is 2. The lowest BCUT2D eigenvalue weighted by Crippen LogP contribution is -2.44. The van der Waals surface area contributed by atoms with Gasteiger partial charge in [-0.3, -0.25) is 9.59 Å². The molecule has 7 heteroatoms. The predicted octanol–water partition coefficient (Wildman–Crippen LogP) is 4.70. The van der Waals surface area contributed by atoms with Gasteiger partial charge in [-0.15, -0.1) is 0 Å². The van der Waals surface area contributed by atoms with Crippen molar-refractivity contribution in [3.63, 3.8) is 0 Å². The number of amides is 2. The van der Waals surface area contributed by atoms with E-state index in [0.29, 0.717) is 35.7 Å². The van der Waals surface area contributed by atoms with Crippen LogP contribution in [0, 0.1) is 5.92 Å². The van der Waals surface area contributed by atoms with Crippen molar-refractivity contribution >= 4 is 17.5 Å². The van der Waals surface area contributed by atoms with E-state index in [1.807, 2.05) is 49.4 Å². The number of hydrogen-bond acceptors (Lipinski definition) is 5. The van der Waals surface area contributed by atoms with Crippen molar-refractivity contribution in [2.75, 3.05) is 39.2 Å². The molecular formula is C30H35N3O4. The SMILES string of the molecule is CO[C@H]1CN(C)C(=O)c2ccc(NC(=O)c3ccc(-c4ccccc4)cc3)cc2OC[C@@H](C)NC[C@@H]1C. The van der Waals surface area contributed by atoms with Crippen LogP contribution < -0.4 is 15.4 Å². The minimum Gasteiger partial charge on any atom is -0.491 e. The van der Waals surface area contributed by atoms with Crippen molar-refractivity contribution in [3.8, 4) is 16.9 Å². The Kier molecular flexibility index (Phi) is 8.58. The first kappa shape index (κ1) is 26.4. The number of benzene rings is 3. The van der Waals surface area contributed by atoms with Crippen LogP contribution in [0.3, 0.4) is 0 Å². The summed E-state index contributed by atoms with van der Waals surface area (Å²) in [5, 5.41) is 6.41. The number of hydrogen-bond donors (Lipinski definition) is 2. The number of carbonyl (C=O) groups excluding carboxylic acids is 2. The minimum atomic E-state index is -0.233. The van der Waals surface area contributed by atoms with Gasteiger partial charge in [-0.1, -0.05) is 49.4 Å². The van der Waals surface area contributed by atoms with Crippen LogP contribution in [0.2, 0.25) is 0 Å². The summed E-state index contributed by atoms with van der Waals surface area (Å²) < 4.78 is 11.8. The molecule has 7 nitrogen and oxygen atoms in total. The van der Waals surface area contributed by atoms with Crippen molar-refractivity contribution in [2.45, 2.75) is 26.0 Å². The first-order valence-corrected chi connectivity index (χ1v) is 12.6. The molecular weight excluding hydrogens is 466 g/mol. The average Bonchev–Trinajstić information content (AvgIpc) is 2.93. The topological polar surface area (TPSA) is 79.9 Å². The Morgan fingerprint density at radius 3 is 2.43 bits per heavy atom. The Hall–Kier alpha value is -3.68. The molecule has 1 heterocycles. The Morgan fingerprint density at radius 1 is 1.03 bits per heavy atom. The van der Waals surface area contributed by atoms with Crippen molar-refractivity contribution in [1.29, 1.82) is 0 Å². The van der Waals surface area contributed by atoms with Gasteiger partial charge in [0.2, 0.25) is 0 Å². The zero-order valence-corrected chi connectivity index (χ0v) is 21.9. The summed E-state index contributed by atoms with van der Waals surface area (Å²) in [4.78, 5) is 27.9. The van der Waals surface area contributed by atoms with Gasteiger partial charge < -0.3 is 25.0 Å². The molecule has 0 aliphatic carbocycles. The molecule has 0 bridgehead atoms. The molecule has 0 aromatic heterocycles. The molecule has 0 saturated carbocycles. The summed E-state index contributed by atoms with van der Waals surface area (Å²) in [6.45, 7) is 5.74. The van der Waals surface area contributed by atoms with Gasteiger partial charge in [0, 0.05) is 50.6 Å². The number of rotatable bonds is 4. The van der Waals surface area contributed by atoms with Gasteiger partial charge in [-0.25, -0.2) is 0 Å². The second-order valence-electron chi connectivity index (χ2n) is 9.67. The molecule has 0 unspecified atom stereocenters. The summed E-state index contributed by atoms with van der Waals surface area (Å²) >= 11 is 0. The zero-order chi connectivity index (χ0) is 26.4. The van der Waals surface area contributed by atoms with Crippen molar-refractivity contribution < 1.29 is 19.1 Å². The number of fused-ring (bicyclic) bond motifs is 1. The van der Waals surface area contributed by atoms with Crippen molar-refractivity contribution in [2.24, 2.45) is 5.92 Å². The molecule has 194 valence electrons. The minimum absolute atomic E-state index is 0.0708. The van der Waals surface area contributed by atoms with Crippen LogP contribution in [0.5, 0.6) is 5.75 Å². The van der Waals surface area contributed by atoms with Crippen molar-refractivity contribution in [1.82, 2.24) is 10.2 Å². The smallest absolute Gasteiger partial charge is 0.257 e. The number of methoxy groups -OCH3 is 1. The molecule has 4 rings (SSSR count). The highest BCUT2D eigenvalue weighted by molar-refractivity contribution is 6.05. The summed E-state index contributed by atoms with van der Waals surface area (Å²) in [5.74, 6) is 0.272. The average molecular weight is 502 g/mol. The third kappa shape index (κ3) is 6.56. The van der Waals surface area contributed by atoms with Gasteiger partial charge in [-0.2, -0.15) is 0 Å². The number of anilines is 1. The van der Waals surface area contributed by atoms with Crippen LogP contribution in [-0.4, -0.2) is 62.7 Å². The predicted molar refractivity (Wildman–Crippen MR) is 146 cm³/mol. The fraction of sp³-hybridized carbons (Fsp3) is 0.333. The van der Waals surface area contributed by atoms with Crippen LogP contribution >= 0.6 is 0 Å².